The predicted molar refractivity (Wildman–Crippen MR) is 134 cm³/mol. The number of carbonyl (C=O) groups excluding carboxylic acids is 1. The highest BCUT2D eigenvalue weighted by atomic mass is 35.5. The van der Waals surface area contributed by atoms with Crippen LogP contribution in [0.25, 0.3) is 0 Å². The number of aromatic nitrogens is 4. The van der Waals surface area contributed by atoms with Gasteiger partial charge in [-0.3, -0.25) is 9.48 Å². The molecule has 0 atom stereocenters. The summed E-state index contributed by atoms with van der Waals surface area (Å²) in [6.07, 6.45) is 12.4. The van der Waals surface area contributed by atoms with Gasteiger partial charge in [0.15, 0.2) is 5.82 Å². The maximum atomic E-state index is 12.4. The van der Waals surface area contributed by atoms with Gasteiger partial charge >= 0.3 is 0 Å². The van der Waals surface area contributed by atoms with Gasteiger partial charge in [0.1, 0.15) is 5.02 Å². The quantitative estimate of drug-likeness (QED) is 0.356. The van der Waals surface area contributed by atoms with E-state index < -0.39 is 0 Å². The Labute approximate surface area is 203 Å². The van der Waals surface area contributed by atoms with Crippen LogP contribution in [0.5, 0.6) is 0 Å². The van der Waals surface area contributed by atoms with Gasteiger partial charge in [0, 0.05) is 30.8 Å². The fraction of sp³-hybridized carbons (Fsp3) is 0.333. The number of rotatable bonds is 9. The fourth-order valence-corrected chi connectivity index (χ4v) is 3.84. The average molecular weight is 482 g/mol. The third kappa shape index (κ3) is 6.79. The molecule has 3 N–H and O–H groups in total. The van der Waals surface area contributed by atoms with Gasteiger partial charge in [-0.15, -0.1) is 0 Å². The molecule has 1 aromatic carbocycles. The molecule has 3 aromatic rings. The Morgan fingerprint density at radius 3 is 2.79 bits per heavy atom. The molecule has 1 amide bonds. The standard InChI is InChI=1S/C24H28ClN7O2/c1-34-11-10-32-16-20(14-27-32)30-24-26-15-21(25)23(31-24)29-19-9-5-8-18(13-19)28-22(33)12-17-6-3-2-4-7-17/h5,8-9,12-16H,2-4,6-7,10-11H2,1H3,(H,28,33)(H2,26,29,30,31). The molecule has 178 valence electrons. The van der Waals surface area contributed by atoms with Crippen LogP contribution >= 0.6 is 11.6 Å². The number of anilines is 5. The zero-order valence-electron chi connectivity index (χ0n) is 19.1. The number of amides is 1. The number of nitrogens with one attached hydrogen (secondary N) is 3. The van der Waals surface area contributed by atoms with Crippen molar-refractivity contribution in [3.8, 4) is 0 Å². The third-order valence-corrected chi connectivity index (χ3v) is 5.66. The normalized spacial score (nSPS) is 13.4. The van der Waals surface area contributed by atoms with Crippen molar-refractivity contribution in [2.45, 2.75) is 38.6 Å². The SMILES string of the molecule is COCCn1cc(Nc2ncc(Cl)c(Nc3cccc(NC(=O)C=C4CCCCC4)c3)n2)cn1. The first-order valence-corrected chi connectivity index (χ1v) is 11.7. The van der Waals surface area contributed by atoms with Crippen molar-refractivity contribution < 1.29 is 9.53 Å². The van der Waals surface area contributed by atoms with E-state index in [1.54, 1.807) is 24.1 Å². The first-order chi connectivity index (χ1) is 16.6. The summed E-state index contributed by atoms with van der Waals surface area (Å²) in [6, 6.07) is 7.41. The van der Waals surface area contributed by atoms with Crippen LogP contribution in [0.3, 0.4) is 0 Å². The van der Waals surface area contributed by atoms with Crippen LogP contribution in [0.1, 0.15) is 32.1 Å². The average Bonchev–Trinajstić information content (AvgIpc) is 3.28. The minimum Gasteiger partial charge on any atom is -0.383 e. The van der Waals surface area contributed by atoms with Gasteiger partial charge in [-0.2, -0.15) is 10.1 Å². The van der Waals surface area contributed by atoms with Crippen LogP contribution in [0, 0.1) is 0 Å². The Morgan fingerprint density at radius 1 is 1.15 bits per heavy atom. The summed E-state index contributed by atoms with van der Waals surface area (Å²) >= 11 is 6.32. The highest BCUT2D eigenvalue weighted by molar-refractivity contribution is 6.32. The highest BCUT2D eigenvalue weighted by Gasteiger charge is 2.10. The van der Waals surface area contributed by atoms with Gasteiger partial charge in [0.2, 0.25) is 11.9 Å². The zero-order chi connectivity index (χ0) is 23.8. The molecular weight excluding hydrogens is 454 g/mol. The number of hydrogen-bond acceptors (Lipinski definition) is 7. The lowest BCUT2D eigenvalue weighted by molar-refractivity contribution is -0.112. The number of nitrogens with zero attached hydrogens (tertiary/aromatic N) is 4. The first kappa shape index (κ1) is 23.7. The number of halogens is 1. The van der Waals surface area contributed by atoms with Gasteiger partial charge in [0.25, 0.3) is 0 Å². The van der Waals surface area contributed by atoms with E-state index in [4.69, 9.17) is 16.3 Å². The molecule has 0 unspecified atom stereocenters. The smallest absolute Gasteiger partial charge is 0.248 e. The first-order valence-electron chi connectivity index (χ1n) is 11.3. The molecule has 1 saturated carbocycles. The van der Waals surface area contributed by atoms with E-state index >= 15 is 0 Å². The number of benzene rings is 1. The van der Waals surface area contributed by atoms with Crippen LogP contribution in [-0.4, -0.2) is 39.4 Å². The maximum Gasteiger partial charge on any atom is 0.248 e. The highest BCUT2D eigenvalue weighted by Crippen LogP contribution is 2.27. The molecule has 2 heterocycles. The van der Waals surface area contributed by atoms with E-state index in [1.165, 1.54) is 18.2 Å². The van der Waals surface area contributed by atoms with Gasteiger partial charge in [-0.25, -0.2) is 4.98 Å². The second-order valence-corrected chi connectivity index (χ2v) is 8.47. The van der Waals surface area contributed by atoms with Gasteiger partial charge in [-0.1, -0.05) is 29.7 Å². The Bertz CT molecular complexity index is 1150. The minimum absolute atomic E-state index is 0.105. The maximum absolute atomic E-state index is 12.4. The topological polar surface area (TPSA) is 106 Å². The van der Waals surface area contributed by atoms with Gasteiger partial charge in [-0.05, 0) is 43.9 Å². The summed E-state index contributed by atoms with van der Waals surface area (Å²) in [6.45, 7) is 1.22. The summed E-state index contributed by atoms with van der Waals surface area (Å²) in [7, 11) is 1.65. The molecule has 0 radical (unpaired) electrons. The van der Waals surface area contributed by atoms with Crippen LogP contribution in [0.2, 0.25) is 5.02 Å². The van der Waals surface area contributed by atoms with E-state index in [9.17, 15) is 4.79 Å². The van der Waals surface area contributed by atoms with Crippen molar-refractivity contribution in [2.75, 3.05) is 29.7 Å². The van der Waals surface area contributed by atoms with Crippen LogP contribution in [0.4, 0.5) is 28.8 Å². The summed E-state index contributed by atoms with van der Waals surface area (Å²) in [5.41, 5.74) is 3.40. The van der Waals surface area contributed by atoms with Crippen LogP contribution in [-0.2, 0) is 16.1 Å². The number of ether oxygens (including phenoxy) is 1. The zero-order valence-corrected chi connectivity index (χ0v) is 19.8. The van der Waals surface area contributed by atoms with Crippen molar-refractivity contribution in [1.29, 1.82) is 0 Å². The molecule has 1 aliphatic carbocycles. The Balaban J connectivity index is 1.41. The molecule has 1 aliphatic rings. The fourth-order valence-electron chi connectivity index (χ4n) is 3.70. The second kappa shape index (κ2) is 11.6. The van der Waals surface area contributed by atoms with Crippen LogP contribution < -0.4 is 16.0 Å². The van der Waals surface area contributed by atoms with Gasteiger partial charge in [0.05, 0.1) is 31.2 Å². The molecule has 34 heavy (non-hydrogen) atoms. The molecule has 4 rings (SSSR count). The lowest BCUT2D eigenvalue weighted by Crippen LogP contribution is -2.10. The lowest BCUT2D eigenvalue weighted by atomic mass is 9.94. The number of hydrogen-bond donors (Lipinski definition) is 3. The molecule has 1 fully saturated rings. The Kier molecular flexibility index (Phi) is 8.11. The summed E-state index contributed by atoms with van der Waals surface area (Å²) in [4.78, 5) is 21.1. The van der Waals surface area contributed by atoms with E-state index in [-0.39, 0.29) is 5.91 Å². The minimum atomic E-state index is -0.105. The number of allylic oxidation sites excluding steroid dienone is 1. The summed E-state index contributed by atoms with van der Waals surface area (Å²) in [5, 5.41) is 13.9. The monoisotopic (exact) mass is 481 g/mol. The largest absolute Gasteiger partial charge is 0.383 e. The van der Waals surface area contributed by atoms with Crippen molar-refractivity contribution >= 4 is 46.3 Å². The molecule has 0 aliphatic heterocycles. The van der Waals surface area contributed by atoms with Crippen molar-refractivity contribution in [3.63, 3.8) is 0 Å². The van der Waals surface area contributed by atoms with E-state index in [2.05, 4.69) is 31.0 Å². The van der Waals surface area contributed by atoms with Crippen molar-refractivity contribution in [3.05, 3.63) is 59.5 Å². The van der Waals surface area contributed by atoms with E-state index in [0.29, 0.717) is 35.6 Å². The summed E-state index contributed by atoms with van der Waals surface area (Å²) < 4.78 is 6.84. The predicted octanol–water partition coefficient (Wildman–Crippen LogP) is 5.29. The Hall–Kier alpha value is -3.43. The van der Waals surface area contributed by atoms with Crippen LogP contribution in [0.15, 0.2) is 54.5 Å². The molecule has 2 aromatic heterocycles. The van der Waals surface area contributed by atoms with Crippen molar-refractivity contribution in [2.24, 2.45) is 0 Å². The molecular formula is C24H28ClN7O2. The molecule has 9 nitrogen and oxygen atoms in total. The lowest BCUT2D eigenvalue weighted by Gasteiger charge is -2.13. The number of carbonyl (C=O) groups is 1. The second-order valence-electron chi connectivity index (χ2n) is 8.06. The third-order valence-electron chi connectivity index (χ3n) is 5.38. The molecule has 0 bridgehead atoms. The molecule has 0 saturated heterocycles. The number of methoxy groups -OCH3 is 1. The van der Waals surface area contributed by atoms with Gasteiger partial charge < -0.3 is 20.7 Å². The van der Waals surface area contributed by atoms with E-state index in [0.717, 1.165) is 37.1 Å². The summed E-state index contributed by atoms with van der Waals surface area (Å²) in [5.74, 6) is 0.715. The Morgan fingerprint density at radius 2 is 1.97 bits per heavy atom. The molecule has 10 heteroatoms. The van der Waals surface area contributed by atoms with Crippen molar-refractivity contribution in [1.82, 2.24) is 19.7 Å². The van der Waals surface area contributed by atoms with E-state index in [1.807, 2.05) is 30.5 Å². The molecule has 0 spiro atoms.